The second-order valence-corrected chi connectivity index (χ2v) is 8.22. The standard InChI is InChI=1S/C24H27N5O3/c1-27-7-3-8-28(11-10-27)12-13-31-19-5-6-23-20(15-19)21(26-30)16-24(32-23)22-14-18-4-2-9-29(18)17-25-22/h2,4-6,9,14-17,30H,3,7-8,10-13H2,1H3/b26-21+. The minimum Gasteiger partial charge on any atom is -0.492 e. The summed E-state index contributed by atoms with van der Waals surface area (Å²) in [5.74, 6) is 1.26. The van der Waals surface area contributed by atoms with Crippen molar-refractivity contribution in [3.63, 3.8) is 0 Å². The Kier molecular flexibility index (Phi) is 5.79. The van der Waals surface area contributed by atoms with Crippen LogP contribution in [0.15, 0.2) is 64.6 Å². The van der Waals surface area contributed by atoms with Crippen molar-refractivity contribution in [2.24, 2.45) is 5.16 Å². The highest BCUT2D eigenvalue weighted by atomic mass is 16.5. The van der Waals surface area contributed by atoms with Gasteiger partial charge in [0.2, 0.25) is 0 Å². The summed E-state index contributed by atoms with van der Waals surface area (Å²) in [6.45, 7) is 5.90. The molecule has 32 heavy (non-hydrogen) atoms. The smallest absolute Gasteiger partial charge is 0.155 e. The lowest BCUT2D eigenvalue weighted by Crippen LogP contribution is -2.32. The van der Waals surface area contributed by atoms with Gasteiger partial charge >= 0.3 is 0 Å². The lowest BCUT2D eigenvalue weighted by Gasteiger charge is -2.20. The topological polar surface area (TPSA) is 78.7 Å². The number of hydrogen-bond donors (Lipinski definition) is 1. The molecular formula is C24H27N5O3. The zero-order chi connectivity index (χ0) is 21.9. The summed E-state index contributed by atoms with van der Waals surface area (Å²) in [7, 11) is 2.17. The molecule has 8 nitrogen and oxygen atoms in total. The molecule has 1 aliphatic heterocycles. The first-order valence-electron chi connectivity index (χ1n) is 10.9. The number of benzene rings is 1. The van der Waals surface area contributed by atoms with Gasteiger partial charge in [0.1, 0.15) is 29.0 Å². The van der Waals surface area contributed by atoms with E-state index in [0.717, 1.165) is 44.0 Å². The van der Waals surface area contributed by atoms with Crippen LogP contribution in [0, 0.1) is 0 Å². The van der Waals surface area contributed by atoms with Crippen LogP contribution in [0.5, 0.6) is 5.75 Å². The van der Waals surface area contributed by atoms with E-state index in [9.17, 15) is 5.21 Å². The molecule has 0 aliphatic carbocycles. The van der Waals surface area contributed by atoms with Gasteiger partial charge in [-0.05, 0) is 63.0 Å². The van der Waals surface area contributed by atoms with Crippen LogP contribution in [0.1, 0.15) is 6.42 Å². The fourth-order valence-electron chi connectivity index (χ4n) is 4.13. The van der Waals surface area contributed by atoms with Crippen molar-refractivity contribution < 1.29 is 14.4 Å². The molecule has 1 fully saturated rings. The summed E-state index contributed by atoms with van der Waals surface area (Å²) in [6.07, 6.45) is 4.86. The van der Waals surface area contributed by atoms with Crippen LogP contribution in [0.4, 0.5) is 0 Å². The summed E-state index contributed by atoms with van der Waals surface area (Å²) in [6, 6.07) is 13.2. The summed E-state index contributed by atoms with van der Waals surface area (Å²) in [5, 5.41) is 14.2. The number of aromatic nitrogens is 2. The Morgan fingerprint density at radius 2 is 2.06 bits per heavy atom. The average Bonchev–Trinajstić information content (AvgIpc) is 3.19. The molecule has 1 aromatic carbocycles. The van der Waals surface area contributed by atoms with Crippen LogP contribution in [-0.4, -0.2) is 70.8 Å². The molecule has 8 heteroatoms. The molecule has 0 atom stereocenters. The van der Waals surface area contributed by atoms with E-state index in [1.165, 1.54) is 6.42 Å². The molecule has 0 amide bonds. The largest absolute Gasteiger partial charge is 0.492 e. The summed E-state index contributed by atoms with van der Waals surface area (Å²) in [4.78, 5) is 9.27. The average molecular weight is 434 g/mol. The van der Waals surface area contributed by atoms with E-state index in [1.54, 1.807) is 12.4 Å². The van der Waals surface area contributed by atoms with E-state index in [2.05, 4.69) is 27.0 Å². The van der Waals surface area contributed by atoms with E-state index in [1.807, 2.05) is 47.0 Å². The Morgan fingerprint density at radius 1 is 1.12 bits per heavy atom. The molecular weight excluding hydrogens is 406 g/mol. The SMILES string of the molecule is CN1CCCN(CCOc2ccc3oc(-c4cc5cccn5cn4)c/c(=N\O)c3c2)CC1. The molecule has 1 aliphatic rings. The maximum Gasteiger partial charge on any atom is 0.155 e. The van der Waals surface area contributed by atoms with Crippen molar-refractivity contribution in [2.75, 3.05) is 46.4 Å². The van der Waals surface area contributed by atoms with Gasteiger partial charge < -0.3 is 23.7 Å². The van der Waals surface area contributed by atoms with Crippen molar-refractivity contribution >= 4 is 16.5 Å². The second kappa shape index (κ2) is 9.02. The molecule has 0 bridgehead atoms. The van der Waals surface area contributed by atoms with Gasteiger partial charge in [0.25, 0.3) is 0 Å². The van der Waals surface area contributed by atoms with Gasteiger partial charge in [-0.3, -0.25) is 4.90 Å². The van der Waals surface area contributed by atoms with Crippen LogP contribution in [0.2, 0.25) is 0 Å². The van der Waals surface area contributed by atoms with Gasteiger partial charge in [-0.15, -0.1) is 0 Å². The third-order valence-electron chi connectivity index (χ3n) is 5.98. The molecule has 4 heterocycles. The van der Waals surface area contributed by atoms with Crippen molar-refractivity contribution in [3.8, 4) is 17.2 Å². The number of fused-ring (bicyclic) bond motifs is 2. The first kappa shape index (κ1) is 20.5. The van der Waals surface area contributed by atoms with E-state index in [-0.39, 0.29) is 0 Å². The molecule has 166 valence electrons. The quantitative estimate of drug-likeness (QED) is 0.385. The fourth-order valence-corrected chi connectivity index (χ4v) is 4.13. The Morgan fingerprint density at radius 3 is 2.97 bits per heavy atom. The summed E-state index contributed by atoms with van der Waals surface area (Å²) in [5.41, 5.74) is 2.29. The minimum absolute atomic E-state index is 0.416. The number of nitrogens with zero attached hydrogens (tertiary/aromatic N) is 5. The fraction of sp³-hybridized carbons (Fsp3) is 0.333. The third kappa shape index (κ3) is 4.32. The Balaban J connectivity index is 1.35. The van der Waals surface area contributed by atoms with Crippen LogP contribution in [0.3, 0.4) is 0 Å². The Bertz CT molecular complexity index is 1300. The van der Waals surface area contributed by atoms with Crippen molar-refractivity contribution in [3.05, 3.63) is 60.3 Å². The maximum atomic E-state index is 9.64. The number of rotatable bonds is 5. The number of likely N-dealkylation sites (N-methyl/N-ethyl adjacent to an activating group) is 1. The molecule has 0 spiro atoms. The minimum atomic E-state index is 0.416. The maximum absolute atomic E-state index is 9.64. The van der Waals surface area contributed by atoms with Gasteiger partial charge in [0.05, 0.1) is 11.7 Å². The number of ether oxygens (including phenoxy) is 1. The van der Waals surface area contributed by atoms with Gasteiger partial charge in [-0.25, -0.2) is 4.98 Å². The highest BCUT2D eigenvalue weighted by Crippen LogP contribution is 2.24. The summed E-state index contributed by atoms with van der Waals surface area (Å²) >= 11 is 0. The van der Waals surface area contributed by atoms with Gasteiger partial charge in [0.15, 0.2) is 5.76 Å². The molecule has 3 aromatic heterocycles. The molecule has 4 aromatic rings. The second-order valence-electron chi connectivity index (χ2n) is 8.22. The molecule has 0 radical (unpaired) electrons. The third-order valence-corrected chi connectivity index (χ3v) is 5.98. The highest BCUT2D eigenvalue weighted by Gasteiger charge is 2.13. The zero-order valence-corrected chi connectivity index (χ0v) is 18.1. The molecule has 0 unspecified atom stereocenters. The summed E-state index contributed by atoms with van der Waals surface area (Å²) < 4.78 is 14.0. The van der Waals surface area contributed by atoms with E-state index in [0.29, 0.717) is 34.4 Å². The number of hydrogen-bond acceptors (Lipinski definition) is 7. The lowest BCUT2D eigenvalue weighted by atomic mass is 10.2. The lowest BCUT2D eigenvalue weighted by molar-refractivity contribution is 0.213. The molecule has 1 saturated heterocycles. The van der Waals surface area contributed by atoms with Crippen molar-refractivity contribution in [1.29, 1.82) is 0 Å². The van der Waals surface area contributed by atoms with Gasteiger partial charge in [-0.1, -0.05) is 5.16 Å². The van der Waals surface area contributed by atoms with E-state index < -0.39 is 0 Å². The van der Waals surface area contributed by atoms with Crippen LogP contribution in [0.25, 0.3) is 27.9 Å². The van der Waals surface area contributed by atoms with E-state index in [4.69, 9.17) is 9.15 Å². The Labute approximate surface area is 186 Å². The van der Waals surface area contributed by atoms with Gasteiger partial charge in [-0.2, -0.15) is 0 Å². The monoisotopic (exact) mass is 433 g/mol. The molecule has 1 N–H and O–H groups in total. The predicted molar refractivity (Wildman–Crippen MR) is 122 cm³/mol. The van der Waals surface area contributed by atoms with Crippen molar-refractivity contribution in [1.82, 2.24) is 19.2 Å². The zero-order valence-electron chi connectivity index (χ0n) is 18.1. The Hall–Kier alpha value is -3.36. The van der Waals surface area contributed by atoms with Gasteiger partial charge in [0, 0.05) is 37.4 Å². The first-order valence-corrected chi connectivity index (χ1v) is 10.9. The van der Waals surface area contributed by atoms with Crippen LogP contribution < -0.4 is 10.1 Å². The van der Waals surface area contributed by atoms with Crippen molar-refractivity contribution in [2.45, 2.75) is 6.42 Å². The van der Waals surface area contributed by atoms with Crippen LogP contribution >= 0.6 is 0 Å². The first-order chi connectivity index (χ1) is 15.7. The van der Waals surface area contributed by atoms with Crippen LogP contribution in [-0.2, 0) is 0 Å². The molecule has 0 saturated carbocycles. The highest BCUT2D eigenvalue weighted by molar-refractivity contribution is 5.80. The predicted octanol–water partition coefficient (Wildman–Crippen LogP) is 3.05. The molecule has 5 rings (SSSR count). The van der Waals surface area contributed by atoms with E-state index >= 15 is 0 Å². The normalized spacial score (nSPS) is 16.6.